The average molecular weight is 381 g/mol. The summed E-state index contributed by atoms with van der Waals surface area (Å²) >= 11 is 0. The molecule has 1 aliphatic carbocycles. The maximum atomic E-state index is 12.9. The zero-order chi connectivity index (χ0) is 19.1. The van der Waals surface area contributed by atoms with Gasteiger partial charge < -0.3 is 4.90 Å². The Bertz CT molecular complexity index is 784. The van der Waals surface area contributed by atoms with Crippen molar-refractivity contribution in [1.82, 2.24) is 4.31 Å². The predicted molar refractivity (Wildman–Crippen MR) is 101 cm³/mol. The number of benzene rings is 1. The zero-order valence-corrected chi connectivity index (χ0v) is 16.4. The van der Waals surface area contributed by atoms with Crippen LogP contribution in [0.25, 0.3) is 0 Å². The molecule has 1 unspecified atom stereocenters. The SMILES string of the molecule is CC1CCN(S(=O)(=O)c2ccc(N(C)C(C)C3CC3)c([N+](=O)[O-])c2)CC1. The molecule has 1 saturated heterocycles. The van der Waals surface area contributed by atoms with Gasteiger partial charge in [0.05, 0.1) is 9.82 Å². The normalized spacial score (nSPS) is 20.7. The van der Waals surface area contributed by atoms with E-state index >= 15 is 0 Å². The first-order chi connectivity index (χ1) is 12.2. The van der Waals surface area contributed by atoms with Crippen molar-refractivity contribution in [2.45, 2.75) is 50.5 Å². The Morgan fingerprint density at radius 1 is 1.23 bits per heavy atom. The molecule has 0 aromatic heterocycles. The number of nitro benzene ring substituents is 1. The molecule has 2 fully saturated rings. The van der Waals surface area contributed by atoms with Crippen LogP contribution >= 0.6 is 0 Å². The number of sulfonamides is 1. The predicted octanol–water partition coefficient (Wildman–Crippen LogP) is 3.25. The van der Waals surface area contributed by atoms with Gasteiger partial charge in [-0.1, -0.05) is 6.92 Å². The third-order valence-corrected chi connectivity index (χ3v) is 7.71. The Morgan fingerprint density at radius 2 is 1.85 bits per heavy atom. The summed E-state index contributed by atoms with van der Waals surface area (Å²) in [5, 5.41) is 11.6. The fourth-order valence-corrected chi connectivity index (χ4v) is 5.09. The molecule has 8 heteroatoms. The van der Waals surface area contributed by atoms with Crippen molar-refractivity contribution >= 4 is 21.4 Å². The van der Waals surface area contributed by atoms with E-state index in [1.165, 1.54) is 16.4 Å². The van der Waals surface area contributed by atoms with E-state index in [9.17, 15) is 18.5 Å². The number of nitrogens with zero attached hydrogens (tertiary/aromatic N) is 3. The van der Waals surface area contributed by atoms with Crippen LogP contribution in [0.1, 0.15) is 39.5 Å². The van der Waals surface area contributed by atoms with Crippen LogP contribution in [0.5, 0.6) is 0 Å². The molecule has 1 saturated carbocycles. The van der Waals surface area contributed by atoms with Gasteiger partial charge in [0.1, 0.15) is 5.69 Å². The number of rotatable bonds is 6. The van der Waals surface area contributed by atoms with Crippen molar-refractivity contribution in [3.05, 3.63) is 28.3 Å². The Morgan fingerprint density at radius 3 is 2.38 bits per heavy atom. The lowest BCUT2D eigenvalue weighted by atomic mass is 10.0. The third-order valence-electron chi connectivity index (χ3n) is 5.82. The van der Waals surface area contributed by atoms with Crippen LogP contribution in [0.15, 0.2) is 23.1 Å². The molecule has 1 atom stereocenters. The topological polar surface area (TPSA) is 83.8 Å². The number of piperidine rings is 1. The summed E-state index contributed by atoms with van der Waals surface area (Å²) in [5.41, 5.74) is 0.326. The summed E-state index contributed by atoms with van der Waals surface area (Å²) in [6.45, 7) is 5.11. The van der Waals surface area contributed by atoms with Crippen LogP contribution in [-0.4, -0.2) is 43.8 Å². The van der Waals surface area contributed by atoms with Crippen LogP contribution in [-0.2, 0) is 10.0 Å². The fourth-order valence-electron chi connectivity index (χ4n) is 3.60. The van der Waals surface area contributed by atoms with Crippen molar-refractivity contribution in [1.29, 1.82) is 0 Å². The number of anilines is 1. The average Bonchev–Trinajstić information content (AvgIpc) is 3.45. The summed E-state index contributed by atoms with van der Waals surface area (Å²) in [7, 11) is -1.86. The Kier molecular flexibility index (Phi) is 5.25. The lowest BCUT2D eigenvalue weighted by Crippen LogP contribution is -2.38. The summed E-state index contributed by atoms with van der Waals surface area (Å²) in [6.07, 6.45) is 3.92. The molecule has 0 bridgehead atoms. The maximum absolute atomic E-state index is 12.9. The molecule has 0 radical (unpaired) electrons. The summed E-state index contributed by atoms with van der Waals surface area (Å²) in [5.74, 6) is 1.06. The van der Waals surface area contributed by atoms with E-state index in [-0.39, 0.29) is 16.6 Å². The molecule has 0 spiro atoms. The van der Waals surface area contributed by atoms with Gasteiger partial charge in [-0.15, -0.1) is 0 Å². The molecule has 0 N–H and O–H groups in total. The highest BCUT2D eigenvalue weighted by molar-refractivity contribution is 7.89. The molecule has 7 nitrogen and oxygen atoms in total. The van der Waals surface area contributed by atoms with E-state index < -0.39 is 14.9 Å². The second kappa shape index (κ2) is 7.15. The molecule has 0 amide bonds. The van der Waals surface area contributed by atoms with Crippen LogP contribution in [0.2, 0.25) is 0 Å². The van der Waals surface area contributed by atoms with Crippen LogP contribution in [0.3, 0.4) is 0 Å². The highest BCUT2D eigenvalue weighted by Crippen LogP contribution is 2.39. The van der Waals surface area contributed by atoms with Crippen molar-refractivity contribution in [3.63, 3.8) is 0 Å². The molecular weight excluding hydrogens is 354 g/mol. The highest BCUT2D eigenvalue weighted by Gasteiger charge is 2.34. The van der Waals surface area contributed by atoms with Gasteiger partial charge in [0, 0.05) is 32.2 Å². The summed E-state index contributed by atoms with van der Waals surface area (Å²) < 4.78 is 27.2. The summed E-state index contributed by atoms with van der Waals surface area (Å²) in [4.78, 5) is 13.0. The lowest BCUT2D eigenvalue weighted by molar-refractivity contribution is -0.384. The molecule has 1 heterocycles. The zero-order valence-electron chi connectivity index (χ0n) is 15.6. The fraction of sp³-hybridized carbons (Fsp3) is 0.667. The van der Waals surface area contributed by atoms with Crippen molar-refractivity contribution < 1.29 is 13.3 Å². The molecule has 1 aliphatic heterocycles. The smallest absolute Gasteiger partial charge is 0.293 e. The van der Waals surface area contributed by atoms with Gasteiger partial charge in [-0.25, -0.2) is 8.42 Å². The van der Waals surface area contributed by atoms with E-state index in [2.05, 4.69) is 13.8 Å². The molecule has 144 valence electrons. The van der Waals surface area contributed by atoms with Crippen molar-refractivity contribution in [3.8, 4) is 0 Å². The first-order valence-corrected chi connectivity index (χ1v) is 10.7. The molecule has 3 rings (SSSR count). The molecule has 2 aliphatic rings. The minimum atomic E-state index is -3.70. The lowest BCUT2D eigenvalue weighted by Gasteiger charge is -2.30. The van der Waals surface area contributed by atoms with Gasteiger partial charge in [0.25, 0.3) is 5.69 Å². The van der Waals surface area contributed by atoms with Crippen molar-refractivity contribution in [2.24, 2.45) is 11.8 Å². The Hall–Kier alpha value is -1.67. The number of nitro groups is 1. The minimum Gasteiger partial charge on any atom is -0.366 e. The van der Waals surface area contributed by atoms with E-state index in [4.69, 9.17) is 0 Å². The number of hydrogen-bond acceptors (Lipinski definition) is 5. The van der Waals surface area contributed by atoms with E-state index in [1.54, 1.807) is 6.07 Å². The second-order valence-electron chi connectivity index (χ2n) is 7.68. The standard InChI is InChI=1S/C18H27N3O4S/c1-13-8-10-20(11-9-13)26(24,25)16-6-7-17(18(12-16)21(22)23)19(3)14(2)15-4-5-15/h6-7,12-15H,4-5,8-11H2,1-3H3. The van der Waals surface area contributed by atoms with Gasteiger partial charge in [-0.05, 0) is 56.6 Å². The largest absolute Gasteiger partial charge is 0.366 e. The Balaban J connectivity index is 1.91. The monoisotopic (exact) mass is 381 g/mol. The quantitative estimate of drug-likeness (QED) is 0.558. The maximum Gasteiger partial charge on any atom is 0.293 e. The molecule has 1 aromatic carbocycles. The van der Waals surface area contributed by atoms with E-state index in [0.29, 0.717) is 30.6 Å². The minimum absolute atomic E-state index is 0.00924. The van der Waals surface area contributed by atoms with Crippen LogP contribution in [0, 0.1) is 22.0 Å². The van der Waals surface area contributed by atoms with Gasteiger partial charge in [0.2, 0.25) is 10.0 Å². The first kappa shape index (κ1) is 19.1. The van der Waals surface area contributed by atoms with Gasteiger partial charge in [-0.3, -0.25) is 10.1 Å². The third kappa shape index (κ3) is 3.71. The summed E-state index contributed by atoms with van der Waals surface area (Å²) in [6, 6.07) is 4.50. The molecular formula is C18H27N3O4S. The molecule has 1 aromatic rings. The van der Waals surface area contributed by atoms with E-state index in [0.717, 1.165) is 25.7 Å². The molecule has 26 heavy (non-hydrogen) atoms. The first-order valence-electron chi connectivity index (χ1n) is 9.23. The van der Waals surface area contributed by atoms with Gasteiger partial charge in [0.15, 0.2) is 0 Å². The highest BCUT2D eigenvalue weighted by atomic mass is 32.2. The van der Waals surface area contributed by atoms with Crippen LogP contribution in [0.4, 0.5) is 11.4 Å². The Labute approximate surface area is 155 Å². The van der Waals surface area contributed by atoms with E-state index in [1.807, 2.05) is 11.9 Å². The number of hydrogen-bond donors (Lipinski definition) is 0. The van der Waals surface area contributed by atoms with Gasteiger partial charge in [-0.2, -0.15) is 4.31 Å². The second-order valence-corrected chi connectivity index (χ2v) is 9.62. The van der Waals surface area contributed by atoms with Gasteiger partial charge >= 0.3 is 0 Å². The van der Waals surface area contributed by atoms with Crippen molar-refractivity contribution in [2.75, 3.05) is 25.0 Å². The van der Waals surface area contributed by atoms with Crippen LogP contribution < -0.4 is 4.90 Å².